The standard InChI is InChI=1S/C19H19NOS/c1-14(16-8-5-9-20-11-16)18-13-22-12-17(19(18)21)10-15-6-3-2-4-7-15/h2-11,14,18H,12-13H2,1H3. The third-order valence-corrected chi connectivity index (χ3v) is 5.27. The fourth-order valence-electron chi connectivity index (χ4n) is 2.79. The molecule has 22 heavy (non-hydrogen) atoms. The highest BCUT2D eigenvalue weighted by molar-refractivity contribution is 7.99. The van der Waals surface area contributed by atoms with Gasteiger partial charge in [-0.25, -0.2) is 0 Å². The summed E-state index contributed by atoms with van der Waals surface area (Å²) in [6.45, 7) is 2.13. The topological polar surface area (TPSA) is 30.0 Å². The minimum atomic E-state index is 0.0397. The molecule has 0 spiro atoms. The molecule has 2 heterocycles. The van der Waals surface area contributed by atoms with E-state index in [1.54, 1.807) is 6.20 Å². The first-order valence-corrected chi connectivity index (χ1v) is 8.68. The van der Waals surface area contributed by atoms with Gasteiger partial charge in [-0.05, 0) is 29.2 Å². The maximum absolute atomic E-state index is 12.8. The van der Waals surface area contributed by atoms with Crippen LogP contribution in [-0.2, 0) is 4.79 Å². The van der Waals surface area contributed by atoms with Crippen LogP contribution in [0.1, 0.15) is 24.0 Å². The Balaban J connectivity index is 1.83. The summed E-state index contributed by atoms with van der Waals surface area (Å²) in [5.41, 5.74) is 3.17. The van der Waals surface area contributed by atoms with Crippen LogP contribution >= 0.6 is 11.8 Å². The first-order chi connectivity index (χ1) is 10.8. The molecule has 0 N–H and O–H groups in total. The van der Waals surface area contributed by atoms with Crippen molar-refractivity contribution in [2.24, 2.45) is 5.92 Å². The third-order valence-electron chi connectivity index (χ3n) is 4.16. The number of benzene rings is 1. The molecule has 0 radical (unpaired) electrons. The number of hydrogen-bond acceptors (Lipinski definition) is 3. The number of pyridine rings is 1. The molecule has 1 aromatic heterocycles. The van der Waals surface area contributed by atoms with Crippen LogP contribution < -0.4 is 0 Å². The Kier molecular flexibility index (Phi) is 4.74. The van der Waals surface area contributed by atoms with Gasteiger partial charge in [0.25, 0.3) is 0 Å². The summed E-state index contributed by atoms with van der Waals surface area (Å²) in [6.07, 6.45) is 5.68. The van der Waals surface area contributed by atoms with Gasteiger partial charge in [0.05, 0.1) is 0 Å². The van der Waals surface area contributed by atoms with Crippen molar-refractivity contribution in [2.45, 2.75) is 12.8 Å². The van der Waals surface area contributed by atoms with Crippen LogP contribution in [-0.4, -0.2) is 22.3 Å². The van der Waals surface area contributed by atoms with Gasteiger partial charge in [-0.1, -0.05) is 43.3 Å². The fraction of sp³-hybridized carbons (Fsp3) is 0.263. The Morgan fingerprint density at radius 2 is 2.05 bits per heavy atom. The smallest absolute Gasteiger partial charge is 0.164 e. The Morgan fingerprint density at radius 3 is 2.77 bits per heavy atom. The highest BCUT2D eigenvalue weighted by Gasteiger charge is 2.32. The van der Waals surface area contributed by atoms with Crippen molar-refractivity contribution in [3.05, 3.63) is 71.6 Å². The molecule has 2 unspecified atom stereocenters. The first-order valence-electron chi connectivity index (χ1n) is 7.53. The zero-order valence-electron chi connectivity index (χ0n) is 12.6. The number of carbonyl (C=O) groups is 1. The van der Waals surface area contributed by atoms with E-state index in [4.69, 9.17) is 0 Å². The summed E-state index contributed by atoms with van der Waals surface area (Å²) in [4.78, 5) is 17.0. The fourth-order valence-corrected chi connectivity index (χ4v) is 4.05. The summed E-state index contributed by atoms with van der Waals surface area (Å²) < 4.78 is 0. The molecule has 0 saturated carbocycles. The molecule has 1 aliphatic heterocycles. The maximum atomic E-state index is 12.8. The predicted octanol–water partition coefficient (Wildman–Crippen LogP) is 4.20. The van der Waals surface area contributed by atoms with Crippen LogP contribution in [0.3, 0.4) is 0 Å². The molecule has 1 aliphatic rings. The molecule has 1 fully saturated rings. The van der Waals surface area contributed by atoms with Gasteiger partial charge in [0.15, 0.2) is 5.78 Å². The average Bonchev–Trinajstić information content (AvgIpc) is 2.58. The van der Waals surface area contributed by atoms with E-state index in [-0.39, 0.29) is 11.8 Å². The molecule has 0 aliphatic carbocycles. The minimum absolute atomic E-state index is 0.0397. The summed E-state index contributed by atoms with van der Waals surface area (Å²) in [5, 5.41) is 0. The van der Waals surface area contributed by atoms with Crippen LogP contribution in [0.4, 0.5) is 0 Å². The van der Waals surface area contributed by atoms with Crippen LogP contribution in [0.15, 0.2) is 60.4 Å². The van der Waals surface area contributed by atoms with Gasteiger partial charge in [0.1, 0.15) is 0 Å². The van der Waals surface area contributed by atoms with E-state index >= 15 is 0 Å². The number of carbonyl (C=O) groups excluding carboxylic acids is 1. The molecule has 2 nitrogen and oxygen atoms in total. The largest absolute Gasteiger partial charge is 0.294 e. The number of aromatic nitrogens is 1. The predicted molar refractivity (Wildman–Crippen MR) is 92.9 cm³/mol. The Morgan fingerprint density at radius 1 is 1.23 bits per heavy atom. The van der Waals surface area contributed by atoms with Crippen molar-refractivity contribution in [1.82, 2.24) is 4.98 Å². The molecular weight excluding hydrogens is 290 g/mol. The van der Waals surface area contributed by atoms with E-state index < -0.39 is 0 Å². The van der Waals surface area contributed by atoms with E-state index in [0.717, 1.165) is 28.2 Å². The van der Waals surface area contributed by atoms with Gasteiger partial charge < -0.3 is 0 Å². The first kappa shape index (κ1) is 15.0. The molecule has 112 valence electrons. The number of rotatable bonds is 3. The number of nitrogens with zero attached hydrogens (tertiary/aromatic N) is 1. The van der Waals surface area contributed by atoms with E-state index in [9.17, 15) is 4.79 Å². The molecule has 2 aromatic rings. The molecule has 1 aromatic carbocycles. The van der Waals surface area contributed by atoms with Crippen molar-refractivity contribution >= 4 is 23.6 Å². The van der Waals surface area contributed by atoms with Crippen LogP contribution in [0.5, 0.6) is 0 Å². The lowest BCUT2D eigenvalue weighted by molar-refractivity contribution is -0.119. The molecular formula is C19H19NOS. The molecule has 0 amide bonds. The lowest BCUT2D eigenvalue weighted by atomic mass is 9.83. The zero-order valence-corrected chi connectivity index (χ0v) is 13.4. The molecule has 2 atom stereocenters. The highest BCUT2D eigenvalue weighted by Crippen LogP contribution is 2.34. The third kappa shape index (κ3) is 3.30. The van der Waals surface area contributed by atoms with Crippen molar-refractivity contribution in [2.75, 3.05) is 11.5 Å². The maximum Gasteiger partial charge on any atom is 0.164 e. The summed E-state index contributed by atoms with van der Waals surface area (Å²) in [5.74, 6) is 2.23. The van der Waals surface area contributed by atoms with Crippen LogP contribution in [0, 0.1) is 5.92 Å². The molecule has 0 bridgehead atoms. The second-order valence-electron chi connectivity index (χ2n) is 5.64. The number of ketones is 1. The normalized spacial score (nSPS) is 21.8. The van der Waals surface area contributed by atoms with Crippen LogP contribution in [0.2, 0.25) is 0 Å². The van der Waals surface area contributed by atoms with Gasteiger partial charge in [-0.15, -0.1) is 0 Å². The van der Waals surface area contributed by atoms with Gasteiger partial charge in [0.2, 0.25) is 0 Å². The molecule has 3 rings (SSSR count). The van der Waals surface area contributed by atoms with Gasteiger partial charge in [-0.3, -0.25) is 9.78 Å². The van der Waals surface area contributed by atoms with E-state index in [0.29, 0.717) is 5.78 Å². The minimum Gasteiger partial charge on any atom is -0.294 e. The Bertz CT molecular complexity index is 666. The van der Waals surface area contributed by atoms with Crippen molar-refractivity contribution in [1.29, 1.82) is 0 Å². The number of thioether (sulfide) groups is 1. The van der Waals surface area contributed by atoms with Crippen molar-refractivity contribution < 1.29 is 4.79 Å². The van der Waals surface area contributed by atoms with Crippen LogP contribution in [0.25, 0.3) is 6.08 Å². The lowest BCUT2D eigenvalue weighted by Gasteiger charge is -2.28. The van der Waals surface area contributed by atoms with Gasteiger partial charge in [-0.2, -0.15) is 11.8 Å². The van der Waals surface area contributed by atoms with E-state index in [1.807, 2.05) is 60.4 Å². The molecule has 3 heteroatoms. The number of hydrogen-bond donors (Lipinski definition) is 0. The van der Waals surface area contributed by atoms with E-state index in [1.165, 1.54) is 0 Å². The quantitative estimate of drug-likeness (QED) is 0.796. The highest BCUT2D eigenvalue weighted by atomic mass is 32.2. The van der Waals surface area contributed by atoms with E-state index in [2.05, 4.69) is 18.0 Å². The average molecular weight is 309 g/mol. The molecule has 1 saturated heterocycles. The zero-order chi connectivity index (χ0) is 15.4. The Hall–Kier alpha value is -1.87. The second kappa shape index (κ2) is 6.93. The van der Waals surface area contributed by atoms with Gasteiger partial charge in [0, 0.05) is 35.4 Å². The monoisotopic (exact) mass is 309 g/mol. The SMILES string of the molecule is CC(c1cccnc1)C1CSCC(=Cc2ccccc2)C1=O. The Labute approximate surface area is 135 Å². The summed E-state index contributed by atoms with van der Waals surface area (Å²) in [6, 6.07) is 14.1. The number of Topliss-reactive ketones (excluding diaryl/α,β-unsaturated/α-hetero) is 1. The second-order valence-corrected chi connectivity index (χ2v) is 6.67. The van der Waals surface area contributed by atoms with Gasteiger partial charge >= 0.3 is 0 Å². The summed E-state index contributed by atoms with van der Waals surface area (Å²) in [7, 11) is 0. The summed E-state index contributed by atoms with van der Waals surface area (Å²) >= 11 is 1.85. The van der Waals surface area contributed by atoms with Crippen molar-refractivity contribution in [3.63, 3.8) is 0 Å². The lowest BCUT2D eigenvalue weighted by Crippen LogP contribution is -2.29. The van der Waals surface area contributed by atoms with Crippen molar-refractivity contribution in [3.8, 4) is 0 Å².